The number of benzene rings is 3. The number of nitrogens with one attached hydrogen (secondary N) is 1. The van der Waals surface area contributed by atoms with E-state index in [1.165, 1.54) is 28.9 Å². The number of ether oxygens (including phenoxy) is 1. The minimum atomic E-state index is -3.62. The minimum Gasteiger partial charge on any atom is -0.481 e. The number of carboxylic acid groups (broad SMARTS) is 1. The first-order chi connectivity index (χ1) is 24.1. The maximum Gasteiger partial charge on any atom is 0.306 e. The number of sulfone groups is 1. The number of carbonyl (C=O) groups is 1. The van der Waals surface area contributed by atoms with Crippen molar-refractivity contribution < 1.29 is 31.8 Å². The maximum atomic E-state index is 15.7. The number of hydrogen-bond donors (Lipinski definition) is 3. The third-order valence-electron chi connectivity index (χ3n) is 9.98. The summed E-state index contributed by atoms with van der Waals surface area (Å²) in [4.78, 5) is 19.5. The average molecular weight is 720 g/mol. The molecule has 0 aliphatic carbocycles. The second-order valence-corrected chi connectivity index (χ2v) is 16.7. The van der Waals surface area contributed by atoms with Crippen molar-refractivity contribution >= 4 is 26.7 Å². The Kier molecular flexibility index (Phi) is 9.81. The normalized spacial score (nSPS) is 19.7. The van der Waals surface area contributed by atoms with Gasteiger partial charge >= 0.3 is 5.97 Å². The lowest BCUT2D eigenvalue weighted by molar-refractivity contribution is -0.141. The van der Waals surface area contributed by atoms with E-state index in [4.69, 9.17) is 20.6 Å². The van der Waals surface area contributed by atoms with E-state index in [0.717, 1.165) is 11.1 Å². The van der Waals surface area contributed by atoms with Crippen molar-refractivity contribution in [3.63, 3.8) is 0 Å². The number of aliphatic carboxylic acids is 1. The van der Waals surface area contributed by atoms with Crippen LogP contribution in [0, 0.1) is 23.0 Å². The Bertz CT molecular complexity index is 2210. The van der Waals surface area contributed by atoms with Crippen molar-refractivity contribution in [2.45, 2.75) is 58.3 Å². The Morgan fingerprint density at radius 1 is 1.12 bits per heavy atom. The van der Waals surface area contributed by atoms with Crippen LogP contribution in [0.3, 0.4) is 0 Å². The van der Waals surface area contributed by atoms with Gasteiger partial charge in [0.25, 0.3) is 0 Å². The predicted octanol–water partition coefficient (Wildman–Crippen LogP) is 6.71. The number of H-pyrrole nitrogens is 1. The van der Waals surface area contributed by atoms with Gasteiger partial charge in [0.2, 0.25) is 0 Å². The predicted molar refractivity (Wildman–Crippen MR) is 191 cm³/mol. The number of nitrogens with zero attached hydrogens (tertiary/aromatic N) is 3. The molecule has 3 aromatic carbocycles. The fraction of sp³-hybridized carbons (Fsp3) is 0.395. The first kappa shape index (κ1) is 36.2. The molecule has 0 fully saturated rings. The molecule has 6 rings (SSSR count). The molecule has 0 amide bonds. The molecular weight excluding hydrogens is 677 g/mol. The third-order valence-corrected chi connectivity index (χ3v) is 12.0. The molecule has 4 N–H and O–H groups in total. The molecule has 0 spiro atoms. The summed E-state index contributed by atoms with van der Waals surface area (Å²) < 4.78 is 66.3. The lowest BCUT2D eigenvalue weighted by atomic mass is 9.73. The quantitative estimate of drug-likeness (QED) is 0.181. The summed E-state index contributed by atoms with van der Waals surface area (Å²) >= 11 is 0. The Balaban J connectivity index is 1.52. The number of rotatable bonds is 5. The summed E-state index contributed by atoms with van der Waals surface area (Å²) in [6, 6.07) is 14.6. The van der Waals surface area contributed by atoms with E-state index in [0.29, 0.717) is 48.0 Å². The van der Waals surface area contributed by atoms with Crippen LogP contribution in [0.1, 0.15) is 62.5 Å². The zero-order valence-electron chi connectivity index (χ0n) is 29.2. The van der Waals surface area contributed by atoms with Crippen LogP contribution in [0.25, 0.3) is 22.3 Å². The van der Waals surface area contributed by atoms with Crippen molar-refractivity contribution in [1.82, 2.24) is 19.7 Å². The maximum absolute atomic E-state index is 15.7. The van der Waals surface area contributed by atoms with Crippen molar-refractivity contribution in [2.24, 2.45) is 24.1 Å². The van der Waals surface area contributed by atoms with Crippen LogP contribution in [0.2, 0.25) is 0 Å². The molecule has 10 nitrogen and oxygen atoms in total. The van der Waals surface area contributed by atoms with Gasteiger partial charge in [0.1, 0.15) is 11.6 Å². The fourth-order valence-electron chi connectivity index (χ4n) is 7.26. The van der Waals surface area contributed by atoms with E-state index >= 15 is 8.78 Å². The third kappa shape index (κ3) is 7.41. The van der Waals surface area contributed by atoms with Crippen LogP contribution in [-0.2, 0) is 39.9 Å². The average Bonchev–Trinajstić information content (AvgIpc) is 3.69. The van der Waals surface area contributed by atoms with Crippen molar-refractivity contribution in [2.75, 3.05) is 18.1 Å². The zero-order valence-corrected chi connectivity index (χ0v) is 30.0. The lowest BCUT2D eigenvalue weighted by Crippen LogP contribution is -2.38. The summed E-state index contributed by atoms with van der Waals surface area (Å²) in [5.74, 6) is -2.59. The summed E-state index contributed by atoms with van der Waals surface area (Å²) in [5.41, 5.74) is 7.57. The van der Waals surface area contributed by atoms with E-state index in [1.54, 1.807) is 26.2 Å². The molecule has 0 saturated heterocycles. The lowest BCUT2D eigenvalue weighted by Gasteiger charge is -2.33. The first-order valence-electron chi connectivity index (χ1n) is 17.0. The molecule has 3 heterocycles. The number of aromatic nitrogens is 4. The topological polar surface area (TPSA) is 153 Å². The minimum absolute atomic E-state index is 0.00762. The molecule has 51 heavy (non-hydrogen) atoms. The van der Waals surface area contributed by atoms with Gasteiger partial charge in [-0.25, -0.2) is 26.9 Å². The number of aromatic amines is 1. The van der Waals surface area contributed by atoms with Gasteiger partial charge in [0.15, 0.2) is 33.1 Å². The van der Waals surface area contributed by atoms with E-state index in [9.17, 15) is 18.3 Å². The van der Waals surface area contributed by atoms with Crippen LogP contribution in [-0.4, -0.2) is 57.3 Å². The molecule has 0 radical (unpaired) electrons. The summed E-state index contributed by atoms with van der Waals surface area (Å²) in [7, 11) is -1.97. The van der Waals surface area contributed by atoms with Gasteiger partial charge in [0, 0.05) is 42.3 Å². The van der Waals surface area contributed by atoms with Gasteiger partial charge < -0.3 is 20.6 Å². The van der Waals surface area contributed by atoms with Crippen molar-refractivity contribution in [3.8, 4) is 22.9 Å². The number of halogens is 2. The van der Waals surface area contributed by atoms with E-state index in [2.05, 4.69) is 4.98 Å². The highest BCUT2D eigenvalue weighted by Crippen LogP contribution is 2.41. The molecule has 2 atom stereocenters. The van der Waals surface area contributed by atoms with Gasteiger partial charge in [0.05, 0.1) is 28.4 Å². The SMILES string of the molecule is CC(Cc1cccc(C2(CN)CCCC(C)(C)CS(=O)(=O)CCc3c(c(F)cc4[nH]ccc34)Oc3ccc(F)c(c3)-c3nc2nn3C)c1)C(=O)O. The highest BCUT2D eigenvalue weighted by Gasteiger charge is 2.39. The largest absolute Gasteiger partial charge is 0.481 e. The van der Waals surface area contributed by atoms with Gasteiger partial charge in [-0.3, -0.25) is 4.79 Å². The Morgan fingerprint density at radius 2 is 1.90 bits per heavy atom. The van der Waals surface area contributed by atoms with Crippen LogP contribution >= 0.6 is 0 Å². The number of nitrogens with two attached hydrogens (primary N) is 1. The second kappa shape index (κ2) is 13.8. The molecule has 2 unspecified atom stereocenters. The van der Waals surface area contributed by atoms with Gasteiger partial charge in [-0.2, -0.15) is 5.10 Å². The number of aryl methyl sites for hydroxylation is 2. The highest BCUT2D eigenvalue weighted by molar-refractivity contribution is 7.91. The molecule has 0 saturated carbocycles. The monoisotopic (exact) mass is 719 g/mol. The Hall–Kier alpha value is -4.62. The molecular formula is C38H43F2N5O5S. The number of carboxylic acids is 1. The molecule has 1 aliphatic heterocycles. The number of hydrogen-bond acceptors (Lipinski definition) is 7. The molecule has 270 valence electrons. The molecule has 13 heteroatoms. The van der Waals surface area contributed by atoms with Crippen molar-refractivity contribution in [1.29, 1.82) is 0 Å². The second-order valence-electron chi connectivity index (χ2n) is 14.5. The van der Waals surface area contributed by atoms with Gasteiger partial charge in [-0.05, 0) is 66.5 Å². The zero-order chi connectivity index (χ0) is 36.7. The van der Waals surface area contributed by atoms with Gasteiger partial charge in [-0.15, -0.1) is 0 Å². The van der Waals surface area contributed by atoms with E-state index in [-0.39, 0.29) is 47.4 Å². The van der Waals surface area contributed by atoms with Crippen LogP contribution in [0.4, 0.5) is 8.78 Å². The molecule has 4 bridgehead atoms. The van der Waals surface area contributed by atoms with Crippen LogP contribution in [0.15, 0.2) is 60.8 Å². The highest BCUT2D eigenvalue weighted by atomic mass is 32.2. The Labute approximate surface area is 296 Å². The van der Waals surface area contributed by atoms with E-state index < -0.39 is 44.2 Å². The number of fused-ring (bicyclic) bond motifs is 8. The first-order valence-corrected chi connectivity index (χ1v) is 18.8. The van der Waals surface area contributed by atoms with Crippen LogP contribution in [0.5, 0.6) is 11.5 Å². The summed E-state index contributed by atoms with van der Waals surface area (Å²) in [6.45, 7) is 5.54. The van der Waals surface area contributed by atoms with Crippen LogP contribution < -0.4 is 10.5 Å². The molecule has 2 aromatic heterocycles. The smallest absolute Gasteiger partial charge is 0.306 e. The van der Waals surface area contributed by atoms with E-state index in [1.807, 2.05) is 38.1 Å². The molecule has 1 aliphatic rings. The van der Waals surface area contributed by atoms with Crippen molar-refractivity contribution in [3.05, 3.63) is 94.9 Å². The molecule has 5 aromatic rings. The Morgan fingerprint density at radius 3 is 2.65 bits per heavy atom. The standard InChI is InChI=1S/C38H43F2N5O5S/c1-23(35(46)47)17-24-7-5-8-25(18-24)38(21-41)14-6-13-37(2,3)22-51(48,49)16-12-28-27-11-15-42-32(27)20-31(40)33(28)50-26-9-10-30(39)29(19-26)34-43-36(38)44-45(34)4/h5,7-11,15,18-20,23,42H,6,12-14,16-17,21-22,41H2,1-4H3,(H,46,47). The summed E-state index contributed by atoms with van der Waals surface area (Å²) in [6.07, 6.45) is 3.48. The van der Waals surface area contributed by atoms with Gasteiger partial charge in [-0.1, -0.05) is 51.5 Å². The summed E-state index contributed by atoms with van der Waals surface area (Å²) in [5, 5.41) is 15.0. The fourth-order valence-corrected chi connectivity index (χ4v) is 9.25.